The second kappa shape index (κ2) is 6.43. The maximum Gasteiger partial charge on any atom is 0.434 e. The molecule has 2 aromatic heterocycles. The number of aryl methyl sites for hydroxylation is 1. The van der Waals surface area contributed by atoms with Crippen LogP contribution in [0.4, 0.5) is 19.0 Å². The standard InChI is InChI=1S/C16H20F3N5/c1-23-10-13(16(17,18)19)22-15(23)12-3-2-6-24(9-12)8-11-4-5-21-14(20)7-11/h4-5,7,10,12H,2-3,6,8-9H2,1H3,(H2,20,21). The van der Waals surface area contributed by atoms with Crippen LogP contribution in [0, 0.1) is 0 Å². The number of imidazole rings is 1. The summed E-state index contributed by atoms with van der Waals surface area (Å²) < 4.78 is 40.0. The fraction of sp³-hybridized carbons (Fsp3) is 0.500. The molecule has 2 N–H and O–H groups in total. The molecule has 8 heteroatoms. The lowest BCUT2D eigenvalue weighted by Gasteiger charge is -2.32. The molecular formula is C16H20F3N5. The Balaban J connectivity index is 1.73. The lowest BCUT2D eigenvalue weighted by molar-refractivity contribution is -0.141. The van der Waals surface area contributed by atoms with Crippen LogP contribution in [0.15, 0.2) is 24.5 Å². The van der Waals surface area contributed by atoms with Gasteiger partial charge in [-0.2, -0.15) is 13.2 Å². The summed E-state index contributed by atoms with van der Waals surface area (Å²) in [7, 11) is 1.63. The van der Waals surface area contributed by atoms with Crippen molar-refractivity contribution in [3.8, 4) is 0 Å². The van der Waals surface area contributed by atoms with Crippen LogP contribution in [0.2, 0.25) is 0 Å². The molecule has 3 heterocycles. The highest BCUT2D eigenvalue weighted by atomic mass is 19.4. The maximum absolute atomic E-state index is 12.8. The van der Waals surface area contributed by atoms with Gasteiger partial charge in [-0.25, -0.2) is 9.97 Å². The third-order valence-electron chi connectivity index (χ3n) is 4.33. The molecule has 1 fully saturated rings. The predicted molar refractivity (Wildman–Crippen MR) is 84.1 cm³/mol. The Morgan fingerprint density at radius 3 is 2.83 bits per heavy atom. The van der Waals surface area contributed by atoms with Gasteiger partial charge in [-0.15, -0.1) is 0 Å². The van der Waals surface area contributed by atoms with Gasteiger partial charge in [0.2, 0.25) is 0 Å². The predicted octanol–water partition coefficient (Wildman–Crippen LogP) is 2.80. The van der Waals surface area contributed by atoms with Crippen LogP contribution in [0.1, 0.15) is 35.8 Å². The number of piperidine rings is 1. The van der Waals surface area contributed by atoms with Crippen molar-refractivity contribution in [1.29, 1.82) is 0 Å². The van der Waals surface area contributed by atoms with Gasteiger partial charge in [-0.1, -0.05) is 0 Å². The van der Waals surface area contributed by atoms with Crippen molar-refractivity contribution in [1.82, 2.24) is 19.4 Å². The molecule has 1 atom stereocenters. The topological polar surface area (TPSA) is 60.0 Å². The monoisotopic (exact) mass is 339 g/mol. The number of nitrogens with two attached hydrogens (primary N) is 1. The highest BCUT2D eigenvalue weighted by molar-refractivity contribution is 5.31. The number of nitrogens with zero attached hydrogens (tertiary/aromatic N) is 4. The summed E-state index contributed by atoms with van der Waals surface area (Å²) in [6.45, 7) is 2.30. The van der Waals surface area contributed by atoms with Crippen LogP contribution in [-0.2, 0) is 19.8 Å². The lowest BCUT2D eigenvalue weighted by Crippen LogP contribution is -2.34. The van der Waals surface area contributed by atoms with Crippen molar-refractivity contribution in [2.24, 2.45) is 7.05 Å². The van der Waals surface area contributed by atoms with E-state index in [0.29, 0.717) is 24.7 Å². The van der Waals surface area contributed by atoms with Gasteiger partial charge in [0.05, 0.1) is 0 Å². The van der Waals surface area contributed by atoms with E-state index >= 15 is 0 Å². The zero-order chi connectivity index (χ0) is 17.3. The number of likely N-dealkylation sites (tertiary alicyclic amines) is 1. The maximum atomic E-state index is 12.8. The first-order valence-corrected chi connectivity index (χ1v) is 7.86. The first-order valence-electron chi connectivity index (χ1n) is 7.86. The number of halogens is 3. The van der Waals surface area contributed by atoms with E-state index in [1.807, 2.05) is 12.1 Å². The van der Waals surface area contributed by atoms with E-state index in [-0.39, 0.29) is 5.92 Å². The smallest absolute Gasteiger partial charge is 0.384 e. The fourth-order valence-corrected chi connectivity index (χ4v) is 3.26. The molecular weight excluding hydrogens is 319 g/mol. The van der Waals surface area contributed by atoms with Gasteiger partial charge in [0.1, 0.15) is 11.6 Å². The summed E-state index contributed by atoms with van der Waals surface area (Å²) in [5.74, 6) is 0.972. The summed E-state index contributed by atoms with van der Waals surface area (Å²) in [5.41, 5.74) is 5.93. The Hall–Kier alpha value is -2.09. The number of rotatable bonds is 3. The molecule has 5 nitrogen and oxygen atoms in total. The van der Waals surface area contributed by atoms with E-state index in [9.17, 15) is 13.2 Å². The lowest BCUT2D eigenvalue weighted by atomic mass is 9.96. The Morgan fingerprint density at radius 2 is 2.17 bits per heavy atom. The Labute approximate surface area is 138 Å². The molecule has 130 valence electrons. The molecule has 2 aromatic rings. The quantitative estimate of drug-likeness (QED) is 0.934. The minimum absolute atomic E-state index is 0.000894. The molecule has 1 aliphatic heterocycles. The Bertz CT molecular complexity index is 710. The second-order valence-corrected chi connectivity index (χ2v) is 6.26. The van der Waals surface area contributed by atoms with E-state index in [0.717, 1.165) is 31.1 Å². The molecule has 0 bridgehead atoms. The third-order valence-corrected chi connectivity index (χ3v) is 4.33. The van der Waals surface area contributed by atoms with Gasteiger partial charge >= 0.3 is 6.18 Å². The SMILES string of the molecule is Cn1cc(C(F)(F)F)nc1C1CCCN(Cc2ccnc(N)c2)C1. The summed E-state index contributed by atoms with van der Waals surface area (Å²) in [5, 5.41) is 0. The van der Waals surface area contributed by atoms with Gasteiger partial charge in [-0.05, 0) is 37.1 Å². The third kappa shape index (κ3) is 3.69. The van der Waals surface area contributed by atoms with Crippen molar-refractivity contribution in [2.75, 3.05) is 18.8 Å². The van der Waals surface area contributed by atoms with Gasteiger partial charge in [0.15, 0.2) is 5.69 Å². The Kier molecular flexibility index (Phi) is 4.49. The summed E-state index contributed by atoms with van der Waals surface area (Å²) >= 11 is 0. The van der Waals surface area contributed by atoms with Crippen molar-refractivity contribution in [3.05, 3.63) is 41.6 Å². The molecule has 0 aromatic carbocycles. The van der Waals surface area contributed by atoms with Crippen molar-refractivity contribution >= 4 is 5.82 Å². The van der Waals surface area contributed by atoms with Gasteiger partial charge < -0.3 is 10.3 Å². The van der Waals surface area contributed by atoms with Gasteiger partial charge in [0.25, 0.3) is 0 Å². The number of hydrogen-bond acceptors (Lipinski definition) is 4. The van der Waals surface area contributed by atoms with E-state index in [1.165, 1.54) is 4.57 Å². The molecule has 0 saturated carbocycles. The molecule has 0 amide bonds. The molecule has 0 radical (unpaired) electrons. The van der Waals surface area contributed by atoms with Crippen LogP contribution in [0.3, 0.4) is 0 Å². The number of aromatic nitrogens is 3. The van der Waals surface area contributed by atoms with E-state index < -0.39 is 11.9 Å². The largest absolute Gasteiger partial charge is 0.434 e. The van der Waals surface area contributed by atoms with Crippen molar-refractivity contribution in [3.63, 3.8) is 0 Å². The summed E-state index contributed by atoms with van der Waals surface area (Å²) in [6, 6.07) is 3.73. The van der Waals surface area contributed by atoms with Crippen LogP contribution in [-0.4, -0.2) is 32.5 Å². The molecule has 1 unspecified atom stereocenters. The number of nitrogen functional groups attached to an aromatic ring is 1. The minimum Gasteiger partial charge on any atom is -0.384 e. The molecule has 1 aliphatic rings. The average Bonchev–Trinajstić information content (AvgIpc) is 2.90. The molecule has 1 saturated heterocycles. The molecule has 24 heavy (non-hydrogen) atoms. The van der Waals surface area contributed by atoms with E-state index in [4.69, 9.17) is 5.73 Å². The van der Waals surface area contributed by atoms with Crippen LogP contribution in [0.25, 0.3) is 0 Å². The molecule has 0 spiro atoms. The minimum atomic E-state index is -4.40. The normalized spacial score (nSPS) is 19.6. The van der Waals surface area contributed by atoms with E-state index in [1.54, 1.807) is 13.2 Å². The van der Waals surface area contributed by atoms with Gasteiger partial charge in [0, 0.05) is 38.4 Å². The fourth-order valence-electron chi connectivity index (χ4n) is 3.26. The number of anilines is 1. The molecule has 3 rings (SSSR count). The first kappa shape index (κ1) is 16.8. The van der Waals surface area contributed by atoms with Crippen LogP contribution < -0.4 is 5.73 Å². The zero-order valence-corrected chi connectivity index (χ0v) is 13.4. The van der Waals surface area contributed by atoms with Crippen LogP contribution in [0.5, 0.6) is 0 Å². The zero-order valence-electron chi connectivity index (χ0n) is 13.4. The van der Waals surface area contributed by atoms with Gasteiger partial charge in [-0.3, -0.25) is 4.90 Å². The van der Waals surface area contributed by atoms with E-state index in [2.05, 4.69) is 14.9 Å². The number of pyridine rings is 1. The first-order chi connectivity index (χ1) is 11.3. The average molecular weight is 339 g/mol. The highest BCUT2D eigenvalue weighted by Crippen LogP contribution is 2.32. The Morgan fingerprint density at radius 1 is 1.38 bits per heavy atom. The van der Waals surface area contributed by atoms with Crippen molar-refractivity contribution in [2.45, 2.75) is 31.5 Å². The van der Waals surface area contributed by atoms with Crippen molar-refractivity contribution < 1.29 is 13.2 Å². The number of hydrogen-bond donors (Lipinski definition) is 1. The second-order valence-electron chi connectivity index (χ2n) is 6.26. The summed E-state index contributed by atoms with van der Waals surface area (Å²) in [6.07, 6.45) is 0.105. The summed E-state index contributed by atoms with van der Waals surface area (Å²) in [4.78, 5) is 10.0. The number of alkyl halides is 3. The van der Waals surface area contributed by atoms with Crippen LogP contribution >= 0.6 is 0 Å². The molecule has 0 aliphatic carbocycles. The highest BCUT2D eigenvalue weighted by Gasteiger charge is 2.36.